The molecule has 2 amide bonds. The number of benzene rings is 1. The first-order chi connectivity index (χ1) is 20.9. The number of aromatic carboxylic acids is 1. The molecule has 0 unspecified atom stereocenters. The molecular formula is C29H31FN4O10. The minimum absolute atomic E-state index is 0.00631. The number of halogens is 1. The molecule has 4 atom stereocenters. The number of aliphatic hydroxyl groups is 1. The first-order valence-corrected chi connectivity index (χ1v) is 14.3. The Morgan fingerprint density at radius 1 is 1.09 bits per heavy atom. The van der Waals surface area contributed by atoms with Gasteiger partial charge in [-0.3, -0.25) is 14.5 Å². The lowest BCUT2D eigenvalue weighted by Crippen LogP contribution is -2.63. The minimum atomic E-state index is -1.63. The lowest BCUT2D eigenvalue weighted by molar-refractivity contribution is -0.163. The average molecular weight is 615 g/mol. The van der Waals surface area contributed by atoms with Gasteiger partial charge >= 0.3 is 18.2 Å². The molecule has 44 heavy (non-hydrogen) atoms. The van der Waals surface area contributed by atoms with Crippen molar-refractivity contribution in [1.29, 1.82) is 0 Å². The molecule has 2 aromatic rings. The van der Waals surface area contributed by atoms with Crippen LogP contribution < -0.4 is 10.3 Å². The Morgan fingerprint density at radius 2 is 1.77 bits per heavy atom. The summed E-state index contributed by atoms with van der Waals surface area (Å²) in [5.74, 6) is -3.89. The van der Waals surface area contributed by atoms with Gasteiger partial charge in [0.1, 0.15) is 18.0 Å². The van der Waals surface area contributed by atoms with Crippen LogP contribution in [0.5, 0.6) is 0 Å². The molecular weight excluding hydrogens is 583 g/mol. The SMILES string of the molecule is C[C@@H](O)[C@@H]1C(=O)N2C(OC(=O)O)=C(COC(=O)N3CCN(c4cc5c(cc4F)c(=O)c(C(=O)O)cn5C4CC4)CC3)[C@H](C)[C@H]12. The summed E-state index contributed by atoms with van der Waals surface area (Å²) in [6.07, 6.45) is -0.309. The molecule has 0 bridgehead atoms. The van der Waals surface area contributed by atoms with Gasteiger partial charge in [0.15, 0.2) is 0 Å². The molecule has 6 rings (SSSR count). The minimum Gasteiger partial charge on any atom is -0.477 e. The number of β-lactam (4-membered cyclic amide) rings is 1. The van der Waals surface area contributed by atoms with Crippen molar-refractivity contribution in [2.75, 3.05) is 37.7 Å². The zero-order chi connectivity index (χ0) is 31.6. The van der Waals surface area contributed by atoms with Crippen LogP contribution in [0.25, 0.3) is 10.9 Å². The van der Waals surface area contributed by atoms with Crippen LogP contribution in [0.3, 0.4) is 0 Å². The highest BCUT2D eigenvalue weighted by Crippen LogP contribution is 2.47. The summed E-state index contributed by atoms with van der Waals surface area (Å²) >= 11 is 0. The molecule has 1 aliphatic carbocycles. The third kappa shape index (κ3) is 4.80. The molecule has 1 saturated carbocycles. The molecule has 0 spiro atoms. The number of ether oxygens (including phenoxy) is 2. The van der Waals surface area contributed by atoms with Crippen molar-refractivity contribution < 1.29 is 48.4 Å². The number of carboxylic acid groups (broad SMARTS) is 2. The van der Waals surface area contributed by atoms with E-state index in [2.05, 4.69) is 0 Å². The van der Waals surface area contributed by atoms with Gasteiger partial charge in [0.25, 0.3) is 0 Å². The number of anilines is 1. The Morgan fingerprint density at radius 3 is 2.36 bits per heavy atom. The van der Waals surface area contributed by atoms with Crippen LogP contribution in [0.2, 0.25) is 0 Å². The topological polar surface area (TPSA) is 179 Å². The molecule has 3 aliphatic heterocycles. The van der Waals surface area contributed by atoms with E-state index in [9.17, 15) is 39.3 Å². The van der Waals surface area contributed by atoms with E-state index in [4.69, 9.17) is 9.47 Å². The largest absolute Gasteiger partial charge is 0.512 e. The number of aromatic nitrogens is 1. The summed E-state index contributed by atoms with van der Waals surface area (Å²) in [7, 11) is 0. The van der Waals surface area contributed by atoms with Crippen molar-refractivity contribution >= 4 is 40.7 Å². The fourth-order valence-corrected chi connectivity index (χ4v) is 6.51. The number of carbonyl (C=O) groups is 4. The molecule has 1 aromatic carbocycles. The van der Waals surface area contributed by atoms with Gasteiger partial charge in [0.05, 0.1) is 29.3 Å². The molecule has 234 valence electrons. The fourth-order valence-electron chi connectivity index (χ4n) is 6.51. The number of piperazine rings is 1. The van der Waals surface area contributed by atoms with Gasteiger partial charge in [-0.15, -0.1) is 0 Å². The van der Waals surface area contributed by atoms with Gasteiger partial charge < -0.3 is 39.2 Å². The maximum atomic E-state index is 15.3. The second-order valence-electron chi connectivity index (χ2n) is 11.6. The van der Waals surface area contributed by atoms with Crippen LogP contribution >= 0.6 is 0 Å². The third-order valence-electron chi connectivity index (χ3n) is 8.95. The second-order valence-corrected chi connectivity index (χ2v) is 11.6. The summed E-state index contributed by atoms with van der Waals surface area (Å²) in [4.78, 5) is 65.6. The Hall–Kier alpha value is -4.66. The van der Waals surface area contributed by atoms with E-state index in [1.54, 1.807) is 22.5 Å². The van der Waals surface area contributed by atoms with Crippen LogP contribution in [0.15, 0.2) is 34.6 Å². The van der Waals surface area contributed by atoms with E-state index in [1.807, 2.05) is 0 Å². The van der Waals surface area contributed by atoms with E-state index in [1.165, 1.54) is 22.9 Å². The van der Waals surface area contributed by atoms with Crippen molar-refractivity contribution in [2.24, 2.45) is 11.8 Å². The smallest absolute Gasteiger partial charge is 0.477 e. The van der Waals surface area contributed by atoms with Gasteiger partial charge in [-0.1, -0.05) is 6.92 Å². The van der Waals surface area contributed by atoms with Crippen molar-refractivity contribution in [2.45, 2.75) is 44.9 Å². The van der Waals surface area contributed by atoms with Gasteiger partial charge in [0.2, 0.25) is 17.2 Å². The number of fused-ring (bicyclic) bond motifs is 2. The molecule has 4 aliphatic rings. The van der Waals surface area contributed by atoms with Gasteiger partial charge in [-0.25, -0.2) is 18.8 Å². The number of aliphatic hydroxyl groups excluding tert-OH is 1. The number of rotatable bonds is 7. The second kappa shape index (κ2) is 10.8. The van der Waals surface area contributed by atoms with E-state index in [0.717, 1.165) is 18.9 Å². The quantitative estimate of drug-likeness (QED) is 0.307. The Balaban J connectivity index is 1.15. The van der Waals surface area contributed by atoms with Crippen LogP contribution in [0.1, 0.15) is 43.1 Å². The highest BCUT2D eigenvalue weighted by atomic mass is 19.1. The number of carbonyl (C=O) groups excluding carboxylic acids is 2. The highest BCUT2D eigenvalue weighted by Gasteiger charge is 2.60. The molecule has 3 N–H and O–H groups in total. The maximum Gasteiger partial charge on any atom is 0.512 e. The Labute approximate surface area is 249 Å². The number of amides is 2. The molecule has 2 saturated heterocycles. The average Bonchev–Trinajstić information content (AvgIpc) is 3.77. The van der Waals surface area contributed by atoms with Crippen LogP contribution in [-0.4, -0.2) is 98.7 Å². The summed E-state index contributed by atoms with van der Waals surface area (Å²) in [5, 5.41) is 28.7. The van der Waals surface area contributed by atoms with Gasteiger partial charge in [-0.2, -0.15) is 0 Å². The van der Waals surface area contributed by atoms with Crippen molar-refractivity contribution in [1.82, 2.24) is 14.4 Å². The van der Waals surface area contributed by atoms with Gasteiger partial charge in [-0.05, 0) is 31.9 Å². The number of nitrogens with zero attached hydrogens (tertiary/aromatic N) is 4. The number of hydrogen-bond acceptors (Lipinski definition) is 9. The summed E-state index contributed by atoms with van der Waals surface area (Å²) in [6, 6.07) is 2.14. The highest BCUT2D eigenvalue weighted by molar-refractivity contribution is 5.94. The van der Waals surface area contributed by atoms with Gasteiger partial charge in [0, 0.05) is 55.3 Å². The maximum absolute atomic E-state index is 15.3. The lowest BCUT2D eigenvalue weighted by Gasteiger charge is -2.46. The lowest BCUT2D eigenvalue weighted by atomic mass is 9.78. The van der Waals surface area contributed by atoms with Crippen molar-refractivity contribution in [3.8, 4) is 0 Å². The molecule has 3 fully saturated rings. The predicted octanol–water partition coefficient (Wildman–Crippen LogP) is 2.20. The number of pyridine rings is 1. The zero-order valence-corrected chi connectivity index (χ0v) is 23.9. The Bertz CT molecular complexity index is 1670. The third-order valence-corrected chi connectivity index (χ3v) is 8.95. The molecule has 15 heteroatoms. The van der Waals surface area contributed by atoms with Crippen molar-refractivity contribution in [3.05, 3.63) is 51.4 Å². The summed E-state index contributed by atoms with van der Waals surface area (Å²) in [5.41, 5.74) is -0.175. The normalized spacial score (nSPS) is 23.9. The Kier molecular flexibility index (Phi) is 7.22. The zero-order valence-electron chi connectivity index (χ0n) is 23.9. The van der Waals surface area contributed by atoms with Crippen LogP contribution in [-0.2, 0) is 14.3 Å². The van der Waals surface area contributed by atoms with E-state index >= 15 is 4.39 Å². The molecule has 1 aromatic heterocycles. The first-order valence-electron chi connectivity index (χ1n) is 14.3. The summed E-state index contributed by atoms with van der Waals surface area (Å²) in [6.45, 7) is 3.72. The van der Waals surface area contributed by atoms with E-state index in [-0.39, 0.29) is 55.8 Å². The molecule has 0 radical (unpaired) electrons. The fraction of sp³-hybridized carbons (Fsp3) is 0.483. The van der Waals surface area contributed by atoms with Crippen LogP contribution in [0, 0.1) is 17.7 Å². The standard InChI is InChI=1S/C29H31FN4O10/c1-13-18(26(44-29(41)42)34-23(13)22(14(2)35)25(34)37)12-43-28(40)32-7-5-31(6-8-32)21-10-20-16(9-19(21)30)24(36)17(27(38)39)11-33(20)15-3-4-15/h9-11,13-15,22-23,35H,3-8,12H2,1-2H3,(H,38,39)(H,41,42)/t13-,14+,22-,23+/m0/s1. The van der Waals surface area contributed by atoms with Crippen molar-refractivity contribution in [3.63, 3.8) is 0 Å². The predicted molar refractivity (Wildman–Crippen MR) is 150 cm³/mol. The van der Waals surface area contributed by atoms with Crippen LogP contribution in [0.4, 0.5) is 19.7 Å². The van der Waals surface area contributed by atoms with E-state index < -0.39 is 64.9 Å². The number of hydrogen-bond donors (Lipinski definition) is 3. The molecule has 4 heterocycles. The number of carboxylic acids is 1. The first kappa shape index (κ1) is 29.4. The monoisotopic (exact) mass is 614 g/mol. The van der Waals surface area contributed by atoms with E-state index in [0.29, 0.717) is 11.1 Å². The summed E-state index contributed by atoms with van der Waals surface area (Å²) < 4.78 is 27.4. The molecule has 14 nitrogen and oxygen atoms in total.